The fraction of sp³-hybridized carbons (Fsp3) is 0.222. The van der Waals surface area contributed by atoms with Crippen LogP contribution in [0.25, 0.3) is 0 Å². The maximum absolute atomic E-state index is 12.4. The van der Waals surface area contributed by atoms with Crippen LogP contribution in [0.4, 0.5) is 5.69 Å². The minimum atomic E-state index is -0.381. The van der Waals surface area contributed by atoms with Crippen molar-refractivity contribution in [3.8, 4) is 0 Å². The van der Waals surface area contributed by atoms with Gasteiger partial charge in [-0.15, -0.1) is 0 Å². The van der Waals surface area contributed by atoms with Crippen LogP contribution >= 0.6 is 0 Å². The smallest absolute Gasteiger partial charge is 0.253 e. The highest BCUT2D eigenvalue weighted by molar-refractivity contribution is 6.09. The zero-order valence-corrected chi connectivity index (χ0v) is 12.1. The zero-order chi connectivity index (χ0) is 15.4. The second-order valence-electron chi connectivity index (χ2n) is 5.27. The van der Waals surface area contributed by atoms with Crippen LogP contribution in [-0.2, 0) is 9.53 Å². The molecule has 0 unspecified atom stereocenters. The summed E-state index contributed by atoms with van der Waals surface area (Å²) in [7, 11) is 0. The van der Waals surface area contributed by atoms with Gasteiger partial charge in [0, 0.05) is 23.4 Å². The van der Waals surface area contributed by atoms with Gasteiger partial charge in [-0.2, -0.15) is 0 Å². The Morgan fingerprint density at radius 3 is 2.50 bits per heavy atom. The summed E-state index contributed by atoms with van der Waals surface area (Å²) in [5.74, 6) is -0.212. The van der Waals surface area contributed by atoms with Crippen molar-refractivity contribution < 1.29 is 14.3 Å². The molecule has 0 spiro atoms. The van der Waals surface area contributed by atoms with Gasteiger partial charge in [-0.05, 0) is 25.0 Å². The van der Waals surface area contributed by atoms with E-state index >= 15 is 0 Å². The molecule has 2 aromatic rings. The predicted octanol–water partition coefficient (Wildman–Crippen LogP) is 3.04. The van der Waals surface area contributed by atoms with Crippen LogP contribution in [0.5, 0.6) is 0 Å². The number of hydrogen-bond acceptors (Lipinski definition) is 3. The third kappa shape index (κ3) is 3.23. The van der Waals surface area contributed by atoms with E-state index in [1.54, 1.807) is 36.4 Å². The molecule has 2 aromatic carbocycles. The van der Waals surface area contributed by atoms with Crippen molar-refractivity contribution in [3.63, 3.8) is 0 Å². The van der Waals surface area contributed by atoms with Crippen molar-refractivity contribution >= 4 is 17.4 Å². The van der Waals surface area contributed by atoms with E-state index in [-0.39, 0.29) is 17.8 Å². The number of ketones is 1. The molecule has 1 atom stereocenters. The highest BCUT2D eigenvalue weighted by Gasteiger charge is 2.23. The molecule has 112 valence electrons. The van der Waals surface area contributed by atoms with Gasteiger partial charge in [-0.1, -0.05) is 42.5 Å². The van der Waals surface area contributed by atoms with E-state index in [1.165, 1.54) is 0 Å². The fourth-order valence-electron chi connectivity index (χ4n) is 2.50. The Balaban J connectivity index is 1.75. The molecule has 0 aromatic heterocycles. The molecule has 0 radical (unpaired) electrons. The van der Waals surface area contributed by atoms with E-state index in [9.17, 15) is 9.59 Å². The Bertz CT molecular complexity index is 676. The van der Waals surface area contributed by atoms with Gasteiger partial charge < -0.3 is 10.1 Å². The van der Waals surface area contributed by atoms with Crippen LogP contribution in [0.1, 0.15) is 28.8 Å². The SMILES string of the molecule is O=C(c1ccccc1)c1cccc(NC(=O)[C@@H]2CCCO2)c1. The van der Waals surface area contributed by atoms with Gasteiger partial charge in [0.1, 0.15) is 6.10 Å². The molecular weight excluding hydrogens is 278 g/mol. The molecule has 4 nitrogen and oxygen atoms in total. The first kappa shape index (κ1) is 14.5. The van der Waals surface area contributed by atoms with Gasteiger partial charge in [0.15, 0.2) is 5.78 Å². The third-order valence-electron chi connectivity index (χ3n) is 3.65. The van der Waals surface area contributed by atoms with Crippen molar-refractivity contribution in [3.05, 3.63) is 65.7 Å². The monoisotopic (exact) mass is 295 g/mol. The molecular formula is C18H17NO3. The van der Waals surface area contributed by atoms with Crippen LogP contribution in [0.2, 0.25) is 0 Å². The Labute approximate surface area is 129 Å². The van der Waals surface area contributed by atoms with E-state index in [1.807, 2.05) is 18.2 Å². The highest BCUT2D eigenvalue weighted by atomic mass is 16.5. The molecule has 0 saturated carbocycles. The second-order valence-corrected chi connectivity index (χ2v) is 5.27. The molecule has 1 N–H and O–H groups in total. The minimum Gasteiger partial charge on any atom is -0.368 e. The number of amides is 1. The standard InChI is InChI=1S/C18H17NO3/c20-17(13-6-2-1-3-7-13)14-8-4-9-15(12-14)19-18(21)16-10-5-11-22-16/h1-4,6-9,12,16H,5,10-11H2,(H,19,21)/t16-/m0/s1. The summed E-state index contributed by atoms with van der Waals surface area (Å²) in [6, 6.07) is 16.1. The lowest BCUT2D eigenvalue weighted by atomic mass is 10.0. The first-order valence-electron chi connectivity index (χ1n) is 7.36. The topological polar surface area (TPSA) is 55.4 Å². The minimum absolute atomic E-state index is 0.0613. The number of carbonyl (C=O) groups is 2. The Morgan fingerprint density at radius 1 is 1.00 bits per heavy atom. The molecule has 1 heterocycles. The molecule has 1 fully saturated rings. The van der Waals surface area contributed by atoms with Crippen LogP contribution in [-0.4, -0.2) is 24.4 Å². The van der Waals surface area contributed by atoms with E-state index in [2.05, 4.69) is 5.32 Å². The van der Waals surface area contributed by atoms with Crippen molar-refractivity contribution in [2.24, 2.45) is 0 Å². The normalized spacial score (nSPS) is 17.2. The molecule has 0 aliphatic carbocycles. The van der Waals surface area contributed by atoms with Gasteiger partial charge in [-0.3, -0.25) is 9.59 Å². The number of ether oxygens (including phenoxy) is 1. The number of carbonyl (C=O) groups excluding carboxylic acids is 2. The Morgan fingerprint density at radius 2 is 1.77 bits per heavy atom. The summed E-state index contributed by atoms with van der Waals surface area (Å²) in [5, 5.41) is 2.81. The van der Waals surface area contributed by atoms with E-state index in [0.29, 0.717) is 23.4 Å². The molecule has 3 rings (SSSR count). The number of hydrogen-bond donors (Lipinski definition) is 1. The second kappa shape index (κ2) is 6.54. The molecule has 1 saturated heterocycles. The first-order chi connectivity index (χ1) is 10.7. The van der Waals surface area contributed by atoms with E-state index < -0.39 is 0 Å². The number of benzene rings is 2. The quantitative estimate of drug-likeness (QED) is 0.882. The number of nitrogens with one attached hydrogen (secondary N) is 1. The largest absolute Gasteiger partial charge is 0.368 e. The van der Waals surface area contributed by atoms with Gasteiger partial charge in [0.05, 0.1) is 0 Å². The van der Waals surface area contributed by atoms with Crippen molar-refractivity contribution in [1.82, 2.24) is 0 Å². The van der Waals surface area contributed by atoms with Crippen molar-refractivity contribution in [2.75, 3.05) is 11.9 Å². The lowest BCUT2D eigenvalue weighted by Gasteiger charge is -2.11. The average molecular weight is 295 g/mol. The highest BCUT2D eigenvalue weighted by Crippen LogP contribution is 2.18. The molecule has 0 bridgehead atoms. The van der Waals surface area contributed by atoms with Gasteiger partial charge in [0.2, 0.25) is 0 Å². The molecule has 4 heteroatoms. The van der Waals surface area contributed by atoms with Gasteiger partial charge >= 0.3 is 0 Å². The zero-order valence-electron chi connectivity index (χ0n) is 12.1. The number of rotatable bonds is 4. The van der Waals surface area contributed by atoms with Crippen LogP contribution < -0.4 is 5.32 Å². The van der Waals surface area contributed by atoms with Crippen molar-refractivity contribution in [2.45, 2.75) is 18.9 Å². The van der Waals surface area contributed by atoms with E-state index in [0.717, 1.165) is 12.8 Å². The van der Waals surface area contributed by atoms with Gasteiger partial charge in [-0.25, -0.2) is 0 Å². The van der Waals surface area contributed by atoms with Crippen LogP contribution in [0.15, 0.2) is 54.6 Å². The third-order valence-corrected chi connectivity index (χ3v) is 3.65. The average Bonchev–Trinajstić information content (AvgIpc) is 3.10. The van der Waals surface area contributed by atoms with Crippen molar-refractivity contribution in [1.29, 1.82) is 0 Å². The Kier molecular flexibility index (Phi) is 4.30. The molecule has 1 amide bonds. The van der Waals surface area contributed by atoms with E-state index in [4.69, 9.17) is 4.74 Å². The number of anilines is 1. The first-order valence-corrected chi connectivity index (χ1v) is 7.36. The lowest BCUT2D eigenvalue weighted by molar-refractivity contribution is -0.124. The molecule has 1 aliphatic heterocycles. The summed E-state index contributed by atoms with van der Waals surface area (Å²) in [5.41, 5.74) is 1.80. The summed E-state index contributed by atoms with van der Waals surface area (Å²) in [4.78, 5) is 24.4. The van der Waals surface area contributed by atoms with Crippen LogP contribution in [0.3, 0.4) is 0 Å². The summed E-state index contributed by atoms with van der Waals surface area (Å²) < 4.78 is 5.35. The summed E-state index contributed by atoms with van der Waals surface area (Å²) in [6.45, 7) is 0.630. The maximum Gasteiger partial charge on any atom is 0.253 e. The molecule has 22 heavy (non-hydrogen) atoms. The summed E-state index contributed by atoms with van der Waals surface area (Å²) in [6.07, 6.45) is 1.27. The maximum atomic E-state index is 12.4. The fourth-order valence-corrected chi connectivity index (χ4v) is 2.50. The predicted molar refractivity (Wildman–Crippen MR) is 83.9 cm³/mol. The lowest BCUT2D eigenvalue weighted by Crippen LogP contribution is -2.26. The van der Waals surface area contributed by atoms with Gasteiger partial charge in [0.25, 0.3) is 5.91 Å². The van der Waals surface area contributed by atoms with Crippen LogP contribution in [0, 0.1) is 0 Å². The Hall–Kier alpha value is -2.46. The molecule has 1 aliphatic rings. The summed E-state index contributed by atoms with van der Waals surface area (Å²) >= 11 is 0.